The van der Waals surface area contributed by atoms with E-state index in [0.29, 0.717) is 6.04 Å². The molecule has 3 rings (SSSR count). The monoisotopic (exact) mass is 324 g/mol. The minimum absolute atomic E-state index is 0.656. The molecular formula is C20H28N4. The lowest BCUT2D eigenvalue weighted by Crippen LogP contribution is -2.39. The molecule has 1 saturated heterocycles. The number of pyridine rings is 2. The van der Waals surface area contributed by atoms with Crippen molar-refractivity contribution in [3.8, 4) is 0 Å². The van der Waals surface area contributed by atoms with Crippen LogP contribution in [0, 0.1) is 0 Å². The van der Waals surface area contributed by atoms with E-state index in [1.54, 1.807) is 0 Å². The maximum atomic E-state index is 4.76. The lowest BCUT2D eigenvalue weighted by Gasteiger charge is -2.35. The maximum Gasteiger partial charge on any atom is 0.128 e. The fourth-order valence-corrected chi connectivity index (χ4v) is 3.49. The smallest absolute Gasteiger partial charge is 0.128 e. The predicted octanol–water partition coefficient (Wildman–Crippen LogP) is 3.53. The van der Waals surface area contributed by atoms with Crippen molar-refractivity contribution in [2.24, 2.45) is 0 Å². The minimum Gasteiger partial charge on any atom is -0.363 e. The molecule has 0 aliphatic carbocycles. The van der Waals surface area contributed by atoms with Gasteiger partial charge in [-0.1, -0.05) is 18.6 Å². The molecule has 4 nitrogen and oxygen atoms in total. The Kier molecular flexibility index (Phi) is 5.81. The maximum absolute atomic E-state index is 4.76. The highest BCUT2D eigenvalue weighted by molar-refractivity contribution is 5.37. The average molecular weight is 324 g/mol. The lowest BCUT2D eigenvalue weighted by molar-refractivity contribution is 0.132. The second-order valence-corrected chi connectivity index (χ2v) is 6.90. The zero-order chi connectivity index (χ0) is 16.8. The molecule has 24 heavy (non-hydrogen) atoms. The molecule has 0 saturated carbocycles. The first-order chi connectivity index (χ1) is 11.7. The third kappa shape index (κ3) is 4.54. The zero-order valence-corrected chi connectivity index (χ0v) is 14.9. The molecule has 1 aliphatic rings. The van der Waals surface area contributed by atoms with Crippen LogP contribution in [-0.2, 0) is 13.0 Å². The van der Waals surface area contributed by atoms with E-state index < -0.39 is 0 Å². The van der Waals surface area contributed by atoms with Crippen molar-refractivity contribution in [2.75, 3.05) is 25.5 Å². The van der Waals surface area contributed by atoms with E-state index in [2.05, 4.69) is 39.0 Å². The van der Waals surface area contributed by atoms with Gasteiger partial charge in [-0.05, 0) is 56.0 Å². The van der Waals surface area contributed by atoms with Gasteiger partial charge in [0.15, 0.2) is 0 Å². The Morgan fingerprint density at radius 1 is 1.17 bits per heavy atom. The molecule has 2 aromatic heterocycles. The zero-order valence-electron chi connectivity index (χ0n) is 14.9. The van der Waals surface area contributed by atoms with E-state index in [4.69, 9.17) is 4.98 Å². The summed E-state index contributed by atoms with van der Waals surface area (Å²) >= 11 is 0. The second kappa shape index (κ2) is 8.25. The summed E-state index contributed by atoms with van der Waals surface area (Å²) in [5.41, 5.74) is 2.52. The Morgan fingerprint density at radius 3 is 2.88 bits per heavy atom. The number of piperidine rings is 1. The molecule has 128 valence electrons. The summed E-state index contributed by atoms with van der Waals surface area (Å²) < 4.78 is 0. The van der Waals surface area contributed by atoms with E-state index >= 15 is 0 Å². The number of anilines is 1. The average Bonchev–Trinajstić information content (AvgIpc) is 2.62. The first kappa shape index (κ1) is 16.9. The molecule has 1 aliphatic heterocycles. The van der Waals surface area contributed by atoms with Gasteiger partial charge >= 0.3 is 0 Å². The standard InChI is InChI=1S/C20H28N4/c1-23(2)20-10-5-8-18(22-20)11-12-19-9-3-4-14-24(19)16-17-7-6-13-21-15-17/h5-8,10,13,15,19H,3-4,9,11-12,14,16H2,1-2H3/t19-/m1/s1. The van der Waals surface area contributed by atoms with E-state index in [1.807, 2.05) is 32.6 Å². The van der Waals surface area contributed by atoms with E-state index in [-0.39, 0.29) is 0 Å². The quantitative estimate of drug-likeness (QED) is 0.814. The molecule has 0 N–H and O–H groups in total. The Balaban J connectivity index is 1.60. The summed E-state index contributed by atoms with van der Waals surface area (Å²) in [4.78, 5) is 13.7. The normalized spacial score (nSPS) is 18.5. The number of hydrogen-bond donors (Lipinski definition) is 0. The number of nitrogens with zero attached hydrogens (tertiary/aromatic N) is 4. The van der Waals surface area contributed by atoms with E-state index in [9.17, 15) is 0 Å². The third-order valence-corrected chi connectivity index (χ3v) is 4.84. The highest BCUT2D eigenvalue weighted by Gasteiger charge is 2.22. The number of aryl methyl sites for hydroxylation is 1. The molecule has 0 amide bonds. The Bertz CT molecular complexity index is 627. The third-order valence-electron chi connectivity index (χ3n) is 4.84. The van der Waals surface area contributed by atoms with Crippen molar-refractivity contribution in [3.05, 3.63) is 54.0 Å². The van der Waals surface area contributed by atoms with Gasteiger partial charge in [0.1, 0.15) is 5.82 Å². The molecular weight excluding hydrogens is 296 g/mol. The van der Waals surface area contributed by atoms with Gasteiger partial charge in [0.2, 0.25) is 0 Å². The van der Waals surface area contributed by atoms with Gasteiger partial charge < -0.3 is 4.90 Å². The summed E-state index contributed by atoms with van der Waals surface area (Å²) in [6.07, 6.45) is 10.0. The van der Waals surface area contributed by atoms with Gasteiger partial charge in [0.25, 0.3) is 0 Å². The van der Waals surface area contributed by atoms with Gasteiger partial charge in [-0.2, -0.15) is 0 Å². The Morgan fingerprint density at radius 2 is 2.08 bits per heavy atom. The summed E-state index contributed by atoms with van der Waals surface area (Å²) in [7, 11) is 4.09. The van der Waals surface area contributed by atoms with Crippen LogP contribution >= 0.6 is 0 Å². The van der Waals surface area contributed by atoms with E-state index in [1.165, 1.54) is 43.5 Å². The van der Waals surface area contributed by atoms with Gasteiger partial charge in [0.05, 0.1) is 0 Å². The molecule has 0 aromatic carbocycles. The van der Waals surface area contributed by atoms with Gasteiger partial charge in [-0.3, -0.25) is 9.88 Å². The van der Waals surface area contributed by atoms with E-state index in [0.717, 1.165) is 18.8 Å². The van der Waals surface area contributed by atoms with Crippen LogP contribution in [-0.4, -0.2) is 41.5 Å². The molecule has 3 heterocycles. The fourth-order valence-electron chi connectivity index (χ4n) is 3.49. The molecule has 1 fully saturated rings. The Labute approximate surface area is 145 Å². The van der Waals surface area contributed by atoms with Gasteiger partial charge in [0, 0.05) is 44.8 Å². The molecule has 0 spiro atoms. The van der Waals surface area contributed by atoms with Crippen LogP contribution in [0.5, 0.6) is 0 Å². The van der Waals surface area contributed by atoms with Crippen molar-refractivity contribution in [1.82, 2.24) is 14.9 Å². The van der Waals surface area contributed by atoms with Crippen molar-refractivity contribution < 1.29 is 0 Å². The number of aromatic nitrogens is 2. The number of hydrogen-bond acceptors (Lipinski definition) is 4. The van der Waals surface area contributed by atoms with Crippen molar-refractivity contribution in [3.63, 3.8) is 0 Å². The molecule has 0 radical (unpaired) electrons. The molecule has 0 bridgehead atoms. The largest absolute Gasteiger partial charge is 0.363 e. The van der Waals surface area contributed by atoms with Crippen LogP contribution in [0.3, 0.4) is 0 Å². The molecule has 1 atom stereocenters. The molecule has 2 aromatic rings. The molecule has 0 unspecified atom stereocenters. The highest BCUT2D eigenvalue weighted by atomic mass is 15.2. The van der Waals surface area contributed by atoms with Crippen LogP contribution in [0.4, 0.5) is 5.82 Å². The summed E-state index contributed by atoms with van der Waals surface area (Å²) in [6, 6.07) is 11.2. The minimum atomic E-state index is 0.656. The van der Waals surface area contributed by atoms with Crippen LogP contribution < -0.4 is 4.90 Å². The summed E-state index contributed by atoms with van der Waals surface area (Å²) in [5, 5.41) is 0. The number of rotatable bonds is 6. The van der Waals surface area contributed by atoms with Crippen molar-refractivity contribution >= 4 is 5.82 Å². The Hall–Kier alpha value is -1.94. The highest BCUT2D eigenvalue weighted by Crippen LogP contribution is 2.23. The number of likely N-dealkylation sites (tertiary alicyclic amines) is 1. The summed E-state index contributed by atoms with van der Waals surface area (Å²) in [5.74, 6) is 1.04. The van der Waals surface area contributed by atoms with Crippen LogP contribution in [0.1, 0.15) is 36.9 Å². The first-order valence-corrected chi connectivity index (χ1v) is 8.98. The topological polar surface area (TPSA) is 32.3 Å². The van der Waals surface area contributed by atoms with Gasteiger partial charge in [-0.15, -0.1) is 0 Å². The van der Waals surface area contributed by atoms with Crippen LogP contribution in [0.25, 0.3) is 0 Å². The van der Waals surface area contributed by atoms with Crippen LogP contribution in [0.15, 0.2) is 42.7 Å². The fraction of sp³-hybridized carbons (Fsp3) is 0.500. The SMILES string of the molecule is CN(C)c1cccc(CC[C@H]2CCCCN2Cc2cccnc2)n1. The molecule has 4 heteroatoms. The first-order valence-electron chi connectivity index (χ1n) is 8.98. The van der Waals surface area contributed by atoms with Crippen LogP contribution in [0.2, 0.25) is 0 Å². The summed E-state index contributed by atoms with van der Waals surface area (Å²) in [6.45, 7) is 2.22. The lowest BCUT2D eigenvalue weighted by atomic mass is 9.96. The van der Waals surface area contributed by atoms with Crippen molar-refractivity contribution in [2.45, 2.75) is 44.7 Å². The van der Waals surface area contributed by atoms with Crippen molar-refractivity contribution in [1.29, 1.82) is 0 Å². The van der Waals surface area contributed by atoms with Gasteiger partial charge in [-0.25, -0.2) is 4.98 Å². The second-order valence-electron chi connectivity index (χ2n) is 6.90. The predicted molar refractivity (Wildman–Crippen MR) is 99.2 cm³/mol.